The smallest absolute Gasteiger partial charge is 0.329 e. The van der Waals surface area contributed by atoms with E-state index in [4.69, 9.17) is 4.74 Å². The number of hydrogen-bond acceptors (Lipinski definition) is 4. The number of urea groups is 1. The van der Waals surface area contributed by atoms with Crippen LogP contribution in [-0.2, 0) is 14.3 Å². The number of carboxylic acid groups (broad SMARTS) is 1. The molecule has 2 N–H and O–H groups in total. The van der Waals surface area contributed by atoms with E-state index < -0.39 is 29.6 Å². The molecule has 1 saturated heterocycles. The van der Waals surface area contributed by atoms with Crippen LogP contribution in [0.5, 0.6) is 0 Å². The number of esters is 1. The van der Waals surface area contributed by atoms with Crippen LogP contribution < -0.4 is 5.32 Å². The maximum Gasteiger partial charge on any atom is 0.329 e. The van der Waals surface area contributed by atoms with Gasteiger partial charge in [-0.2, -0.15) is 0 Å². The van der Waals surface area contributed by atoms with E-state index in [0.717, 1.165) is 12.8 Å². The summed E-state index contributed by atoms with van der Waals surface area (Å²) in [5.74, 6) is -1.56. The standard InChI is InChI=1S/C13H22N2O5/c1-4-13(2,11(17)18)14-12(19)15-8-6-5-7-9(15)10(16)20-3/h9H,4-8H2,1-3H3,(H,14,19)(H,17,18). The van der Waals surface area contributed by atoms with Gasteiger partial charge in [-0.1, -0.05) is 6.92 Å². The summed E-state index contributed by atoms with van der Waals surface area (Å²) in [7, 11) is 1.28. The summed E-state index contributed by atoms with van der Waals surface area (Å²) >= 11 is 0. The Balaban J connectivity index is 2.83. The summed E-state index contributed by atoms with van der Waals surface area (Å²) in [6, 6.07) is -1.17. The molecular formula is C13H22N2O5. The number of rotatable bonds is 4. The average Bonchev–Trinajstić information content (AvgIpc) is 2.45. The van der Waals surface area contributed by atoms with Gasteiger partial charge in [-0.05, 0) is 32.6 Å². The molecule has 0 spiro atoms. The third-order valence-electron chi connectivity index (χ3n) is 3.80. The van der Waals surface area contributed by atoms with Crippen molar-refractivity contribution in [2.45, 2.75) is 51.1 Å². The number of carbonyl (C=O) groups is 3. The summed E-state index contributed by atoms with van der Waals surface area (Å²) in [4.78, 5) is 36.5. The van der Waals surface area contributed by atoms with E-state index in [1.54, 1.807) is 6.92 Å². The fourth-order valence-electron chi connectivity index (χ4n) is 2.16. The number of carbonyl (C=O) groups excluding carboxylic acids is 2. The number of aliphatic carboxylic acids is 1. The molecule has 7 nitrogen and oxygen atoms in total. The Labute approximate surface area is 118 Å². The van der Waals surface area contributed by atoms with Gasteiger partial charge in [0.2, 0.25) is 0 Å². The zero-order valence-corrected chi connectivity index (χ0v) is 12.1. The first-order valence-corrected chi connectivity index (χ1v) is 6.75. The van der Waals surface area contributed by atoms with Crippen LogP contribution in [0.15, 0.2) is 0 Å². The Kier molecular flexibility index (Phi) is 5.35. The molecule has 0 saturated carbocycles. The molecule has 7 heteroatoms. The monoisotopic (exact) mass is 286 g/mol. The molecule has 2 unspecified atom stereocenters. The van der Waals surface area contributed by atoms with Gasteiger partial charge in [-0.25, -0.2) is 14.4 Å². The number of amides is 2. The van der Waals surface area contributed by atoms with Crippen molar-refractivity contribution in [3.63, 3.8) is 0 Å². The maximum atomic E-state index is 12.3. The zero-order valence-electron chi connectivity index (χ0n) is 12.1. The largest absolute Gasteiger partial charge is 0.480 e. The van der Waals surface area contributed by atoms with Crippen LogP contribution >= 0.6 is 0 Å². The number of likely N-dealkylation sites (tertiary alicyclic amines) is 1. The first-order valence-electron chi connectivity index (χ1n) is 6.75. The molecular weight excluding hydrogens is 264 g/mol. The molecule has 2 amide bonds. The Morgan fingerprint density at radius 1 is 1.40 bits per heavy atom. The van der Waals surface area contributed by atoms with Crippen molar-refractivity contribution in [1.29, 1.82) is 0 Å². The predicted octanol–water partition coefficient (Wildman–Crippen LogP) is 0.977. The van der Waals surface area contributed by atoms with Gasteiger partial charge in [0.1, 0.15) is 11.6 Å². The number of nitrogens with zero attached hydrogens (tertiary/aromatic N) is 1. The van der Waals surface area contributed by atoms with Gasteiger partial charge in [-0.3, -0.25) is 0 Å². The van der Waals surface area contributed by atoms with Crippen molar-refractivity contribution in [2.75, 3.05) is 13.7 Å². The van der Waals surface area contributed by atoms with Gasteiger partial charge in [0.05, 0.1) is 7.11 Å². The van der Waals surface area contributed by atoms with Gasteiger partial charge >= 0.3 is 18.0 Å². The van der Waals surface area contributed by atoms with E-state index in [1.807, 2.05) is 0 Å². The Hall–Kier alpha value is -1.79. The normalized spacial score (nSPS) is 21.8. The molecule has 0 aromatic rings. The highest BCUT2D eigenvalue weighted by Crippen LogP contribution is 2.19. The van der Waals surface area contributed by atoms with Crippen molar-refractivity contribution in [3.05, 3.63) is 0 Å². The number of methoxy groups -OCH3 is 1. The second kappa shape index (κ2) is 6.58. The molecule has 0 radical (unpaired) electrons. The quantitative estimate of drug-likeness (QED) is 0.751. The molecule has 20 heavy (non-hydrogen) atoms. The van der Waals surface area contributed by atoms with Crippen LogP contribution in [0.4, 0.5) is 4.79 Å². The second-order valence-electron chi connectivity index (χ2n) is 5.15. The topological polar surface area (TPSA) is 95.9 Å². The molecule has 114 valence electrons. The molecule has 1 fully saturated rings. The van der Waals surface area contributed by atoms with Crippen LogP contribution in [-0.4, -0.2) is 53.2 Å². The first kappa shape index (κ1) is 16.3. The molecule has 1 aliphatic rings. The van der Waals surface area contributed by atoms with E-state index >= 15 is 0 Å². The summed E-state index contributed by atoms with van der Waals surface area (Å²) in [6.07, 6.45) is 2.42. The van der Waals surface area contributed by atoms with Crippen LogP contribution in [0.25, 0.3) is 0 Å². The van der Waals surface area contributed by atoms with E-state index in [1.165, 1.54) is 18.9 Å². The molecule has 1 aliphatic heterocycles. The molecule has 0 aromatic heterocycles. The van der Waals surface area contributed by atoms with E-state index in [2.05, 4.69) is 5.32 Å². The molecule has 1 heterocycles. The SMILES string of the molecule is CCC(C)(NC(=O)N1CCCCC1C(=O)OC)C(=O)O. The van der Waals surface area contributed by atoms with Gasteiger partial charge in [0.15, 0.2) is 0 Å². The van der Waals surface area contributed by atoms with Crippen molar-refractivity contribution < 1.29 is 24.2 Å². The number of hydrogen-bond donors (Lipinski definition) is 2. The summed E-state index contributed by atoms with van der Waals surface area (Å²) in [6.45, 7) is 3.55. The summed E-state index contributed by atoms with van der Waals surface area (Å²) < 4.78 is 4.70. The fourth-order valence-corrected chi connectivity index (χ4v) is 2.16. The fraction of sp³-hybridized carbons (Fsp3) is 0.769. The molecule has 2 atom stereocenters. The predicted molar refractivity (Wildman–Crippen MR) is 71.2 cm³/mol. The lowest BCUT2D eigenvalue weighted by Crippen LogP contribution is -2.59. The van der Waals surface area contributed by atoms with Crippen molar-refractivity contribution in [3.8, 4) is 0 Å². The Bertz CT molecular complexity index is 398. The number of piperidine rings is 1. The lowest BCUT2D eigenvalue weighted by atomic mass is 9.99. The average molecular weight is 286 g/mol. The molecule has 0 bridgehead atoms. The molecule has 0 aliphatic carbocycles. The highest BCUT2D eigenvalue weighted by Gasteiger charge is 2.38. The van der Waals surface area contributed by atoms with E-state index in [0.29, 0.717) is 13.0 Å². The minimum Gasteiger partial charge on any atom is -0.480 e. The van der Waals surface area contributed by atoms with Crippen molar-refractivity contribution in [1.82, 2.24) is 10.2 Å². The van der Waals surface area contributed by atoms with Crippen LogP contribution in [0.3, 0.4) is 0 Å². The van der Waals surface area contributed by atoms with E-state index in [9.17, 15) is 19.5 Å². The van der Waals surface area contributed by atoms with Gasteiger partial charge in [-0.15, -0.1) is 0 Å². The minimum atomic E-state index is -1.34. The Morgan fingerprint density at radius 2 is 2.05 bits per heavy atom. The highest BCUT2D eigenvalue weighted by molar-refractivity contribution is 5.88. The minimum absolute atomic E-state index is 0.255. The van der Waals surface area contributed by atoms with Crippen molar-refractivity contribution in [2.24, 2.45) is 0 Å². The molecule has 0 aromatic carbocycles. The zero-order chi connectivity index (χ0) is 15.3. The Morgan fingerprint density at radius 3 is 2.55 bits per heavy atom. The third-order valence-corrected chi connectivity index (χ3v) is 3.80. The molecule has 1 rings (SSSR count). The maximum absolute atomic E-state index is 12.3. The first-order chi connectivity index (χ1) is 9.35. The number of nitrogens with one attached hydrogen (secondary N) is 1. The number of ether oxygens (including phenoxy) is 1. The van der Waals surface area contributed by atoms with Gasteiger partial charge in [0, 0.05) is 6.54 Å². The summed E-state index contributed by atoms with van der Waals surface area (Å²) in [5.41, 5.74) is -1.34. The van der Waals surface area contributed by atoms with Gasteiger partial charge < -0.3 is 20.1 Å². The van der Waals surface area contributed by atoms with E-state index in [-0.39, 0.29) is 6.42 Å². The number of carboxylic acids is 1. The van der Waals surface area contributed by atoms with Crippen molar-refractivity contribution >= 4 is 18.0 Å². The second-order valence-corrected chi connectivity index (χ2v) is 5.15. The van der Waals surface area contributed by atoms with Crippen LogP contribution in [0.2, 0.25) is 0 Å². The van der Waals surface area contributed by atoms with Crippen LogP contribution in [0, 0.1) is 0 Å². The third kappa shape index (κ3) is 3.40. The lowest BCUT2D eigenvalue weighted by molar-refractivity contribution is -0.147. The summed E-state index contributed by atoms with van der Waals surface area (Å²) in [5, 5.41) is 11.7. The lowest BCUT2D eigenvalue weighted by Gasteiger charge is -2.36. The highest BCUT2D eigenvalue weighted by atomic mass is 16.5. The van der Waals surface area contributed by atoms with Gasteiger partial charge in [0.25, 0.3) is 0 Å². The van der Waals surface area contributed by atoms with Crippen LogP contribution in [0.1, 0.15) is 39.5 Å².